The largest absolute Gasteiger partial charge is 0.486 e. The normalized spacial score (nSPS) is 13.4. The van der Waals surface area contributed by atoms with Crippen molar-refractivity contribution >= 4 is 11.0 Å². The van der Waals surface area contributed by atoms with Crippen LogP contribution in [0.2, 0.25) is 0 Å². The van der Waals surface area contributed by atoms with E-state index in [2.05, 4.69) is 15.0 Å². The van der Waals surface area contributed by atoms with E-state index in [1.165, 1.54) is 6.33 Å². The molecule has 0 N–H and O–H groups in total. The number of pyridine rings is 1. The molecule has 3 aromatic rings. The number of hydrogen-bond donors (Lipinski definition) is 0. The van der Waals surface area contributed by atoms with Gasteiger partial charge >= 0.3 is 0 Å². The predicted molar refractivity (Wildman–Crippen MR) is 73.8 cm³/mol. The van der Waals surface area contributed by atoms with E-state index < -0.39 is 0 Å². The van der Waals surface area contributed by atoms with Crippen molar-refractivity contribution < 1.29 is 9.47 Å². The highest BCUT2D eigenvalue weighted by Crippen LogP contribution is 2.34. The van der Waals surface area contributed by atoms with Crippen molar-refractivity contribution in [3.05, 3.63) is 42.9 Å². The molecule has 1 aliphatic rings. The highest BCUT2D eigenvalue weighted by atomic mass is 16.6. The third kappa shape index (κ3) is 1.84. The lowest BCUT2D eigenvalue weighted by Crippen LogP contribution is -2.15. The first-order valence-corrected chi connectivity index (χ1v) is 6.37. The summed E-state index contributed by atoms with van der Waals surface area (Å²) in [5.41, 5.74) is 3.46. The van der Waals surface area contributed by atoms with Crippen molar-refractivity contribution in [2.75, 3.05) is 13.2 Å². The Morgan fingerprint density at radius 2 is 1.80 bits per heavy atom. The molecule has 0 bridgehead atoms. The second-order valence-corrected chi connectivity index (χ2v) is 4.48. The minimum absolute atomic E-state index is 0.579. The fourth-order valence-corrected chi connectivity index (χ4v) is 2.23. The van der Waals surface area contributed by atoms with Crippen LogP contribution in [0.1, 0.15) is 0 Å². The summed E-state index contributed by atoms with van der Waals surface area (Å²) in [5.74, 6) is 1.55. The van der Waals surface area contributed by atoms with Gasteiger partial charge in [-0.15, -0.1) is 0 Å². The van der Waals surface area contributed by atoms with E-state index in [0.29, 0.717) is 13.2 Å². The van der Waals surface area contributed by atoms with Gasteiger partial charge in [-0.2, -0.15) is 0 Å². The SMILES string of the molecule is c1ncc2nc(-c3ccc4c(c3)OCCO4)ccc2n1. The molecule has 4 rings (SSSR count). The Morgan fingerprint density at radius 1 is 0.900 bits per heavy atom. The van der Waals surface area contributed by atoms with Crippen LogP contribution in [0.4, 0.5) is 0 Å². The maximum absolute atomic E-state index is 5.60. The summed E-state index contributed by atoms with van der Waals surface area (Å²) in [6.07, 6.45) is 3.23. The van der Waals surface area contributed by atoms with Crippen molar-refractivity contribution in [1.29, 1.82) is 0 Å². The summed E-state index contributed by atoms with van der Waals surface area (Å²) < 4.78 is 11.1. The minimum Gasteiger partial charge on any atom is -0.486 e. The van der Waals surface area contributed by atoms with Gasteiger partial charge in [0.1, 0.15) is 25.1 Å². The Morgan fingerprint density at radius 3 is 2.75 bits per heavy atom. The van der Waals surface area contributed by atoms with E-state index in [9.17, 15) is 0 Å². The van der Waals surface area contributed by atoms with E-state index in [-0.39, 0.29) is 0 Å². The van der Waals surface area contributed by atoms with Crippen molar-refractivity contribution in [2.45, 2.75) is 0 Å². The van der Waals surface area contributed by atoms with Crippen LogP contribution in [0.3, 0.4) is 0 Å². The summed E-state index contributed by atoms with van der Waals surface area (Å²) in [6, 6.07) is 9.73. The van der Waals surface area contributed by atoms with Crippen LogP contribution in [-0.4, -0.2) is 28.2 Å². The number of rotatable bonds is 1. The molecular weight excluding hydrogens is 254 g/mol. The molecule has 0 aliphatic carbocycles. The Labute approximate surface area is 115 Å². The number of hydrogen-bond acceptors (Lipinski definition) is 5. The van der Waals surface area contributed by atoms with Crippen molar-refractivity contribution in [1.82, 2.24) is 15.0 Å². The number of benzene rings is 1. The third-order valence-electron chi connectivity index (χ3n) is 3.20. The van der Waals surface area contributed by atoms with E-state index in [1.54, 1.807) is 6.20 Å². The molecule has 1 aromatic carbocycles. The fraction of sp³-hybridized carbons (Fsp3) is 0.133. The lowest BCUT2D eigenvalue weighted by Gasteiger charge is -2.18. The molecule has 0 amide bonds. The fourth-order valence-electron chi connectivity index (χ4n) is 2.23. The van der Waals surface area contributed by atoms with Crippen LogP contribution in [0.25, 0.3) is 22.3 Å². The summed E-state index contributed by atoms with van der Waals surface area (Å²) in [7, 11) is 0. The molecule has 0 saturated carbocycles. The Bertz CT molecular complexity index is 789. The van der Waals surface area contributed by atoms with Gasteiger partial charge in [0.15, 0.2) is 11.5 Å². The molecule has 3 heterocycles. The standard InChI is InChI=1S/C15H11N3O2/c1-4-14-15(20-6-5-19-14)7-10(1)11-2-3-12-13(18-11)8-16-9-17-12/h1-4,7-9H,5-6H2. The predicted octanol–water partition coefficient (Wildman–Crippen LogP) is 2.46. The summed E-state index contributed by atoms with van der Waals surface area (Å²) in [4.78, 5) is 12.7. The molecular formula is C15H11N3O2. The molecule has 0 saturated heterocycles. The highest BCUT2D eigenvalue weighted by Gasteiger charge is 2.13. The van der Waals surface area contributed by atoms with Gasteiger partial charge in [0.05, 0.1) is 17.4 Å². The van der Waals surface area contributed by atoms with Gasteiger partial charge in [0.25, 0.3) is 0 Å². The maximum Gasteiger partial charge on any atom is 0.162 e. The maximum atomic E-state index is 5.60. The second-order valence-electron chi connectivity index (χ2n) is 4.48. The molecule has 0 fully saturated rings. The average molecular weight is 265 g/mol. The summed E-state index contributed by atoms with van der Waals surface area (Å²) >= 11 is 0. The first-order valence-electron chi connectivity index (χ1n) is 6.37. The van der Waals surface area contributed by atoms with Gasteiger partial charge in [-0.3, -0.25) is 0 Å². The quantitative estimate of drug-likeness (QED) is 0.676. The third-order valence-corrected chi connectivity index (χ3v) is 3.20. The topological polar surface area (TPSA) is 57.1 Å². The second kappa shape index (κ2) is 4.45. The summed E-state index contributed by atoms with van der Waals surface area (Å²) in [5, 5.41) is 0. The lowest BCUT2D eigenvalue weighted by atomic mass is 10.1. The van der Waals surface area contributed by atoms with Crippen LogP contribution < -0.4 is 9.47 Å². The van der Waals surface area contributed by atoms with Crippen molar-refractivity contribution in [3.8, 4) is 22.8 Å². The van der Waals surface area contributed by atoms with E-state index in [1.807, 2.05) is 30.3 Å². The Hall–Kier alpha value is -2.69. The van der Waals surface area contributed by atoms with Crippen LogP contribution in [0.5, 0.6) is 11.5 Å². The van der Waals surface area contributed by atoms with Gasteiger partial charge in [0.2, 0.25) is 0 Å². The molecule has 0 spiro atoms. The molecule has 20 heavy (non-hydrogen) atoms. The summed E-state index contributed by atoms with van der Waals surface area (Å²) in [6.45, 7) is 1.17. The minimum atomic E-state index is 0.579. The Kier molecular flexibility index (Phi) is 2.48. The number of ether oxygens (including phenoxy) is 2. The lowest BCUT2D eigenvalue weighted by molar-refractivity contribution is 0.171. The molecule has 0 unspecified atom stereocenters. The first-order chi connectivity index (χ1) is 9.90. The van der Waals surface area contributed by atoms with E-state index in [0.717, 1.165) is 33.8 Å². The van der Waals surface area contributed by atoms with Crippen LogP contribution in [0.15, 0.2) is 42.9 Å². The van der Waals surface area contributed by atoms with Gasteiger partial charge in [-0.05, 0) is 30.3 Å². The molecule has 5 nitrogen and oxygen atoms in total. The van der Waals surface area contributed by atoms with Gasteiger partial charge in [-0.1, -0.05) is 0 Å². The van der Waals surface area contributed by atoms with Crippen molar-refractivity contribution in [2.24, 2.45) is 0 Å². The van der Waals surface area contributed by atoms with Gasteiger partial charge < -0.3 is 9.47 Å². The van der Waals surface area contributed by atoms with Gasteiger partial charge in [-0.25, -0.2) is 15.0 Å². The van der Waals surface area contributed by atoms with Crippen molar-refractivity contribution in [3.63, 3.8) is 0 Å². The van der Waals surface area contributed by atoms with Gasteiger partial charge in [0, 0.05) is 5.56 Å². The molecule has 5 heteroatoms. The smallest absolute Gasteiger partial charge is 0.162 e. The van der Waals surface area contributed by atoms with Crippen LogP contribution in [-0.2, 0) is 0 Å². The molecule has 98 valence electrons. The van der Waals surface area contributed by atoms with Crippen LogP contribution in [0, 0.1) is 0 Å². The molecule has 1 aliphatic heterocycles. The number of nitrogens with zero attached hydrogens (tertiary/aromatic N) is 3. The average Bonchev–Trinajstić information content (AvgIpc) is 2.54. The number of fused-ring (bicyclic) bond motifs is 2. The zero-order valence-electron chi connectivity index (χ0n) is 10.6. The Balaban J connectivity index is 1.82. The molecule has 0 atom stereocenters. The van der Waals surface area contributed by atoms with E-state index >= 15 is 0 Å². The van der Waals surface area contributed by atoms with E-state index in [4.69, 9.17) is 9.47 Å². The molecule has 2 aromatic heterocycles. The molecule has 0 radical (unpaired) electrons. The zero-order chi connectivity index (χ0) is 13.4. The highest BCUT2D eigenvalue weighted by molar-refractivity contribution is 5.77. The first kappa shape index (κ1) is 11.2. The van der Waals surface area contributed by atoms with Crippen LogP contribution >= 0.6 is 0 Å². The number of aromatic nitrogens is 3. The monoisotopic (exact) mass is 265 g/mol. The zero-order valence-corrected chi connectivity index (χ0v) is 10.6.